The predicted octanol–water partition coefficient (Wildman–Crippen LogP) is 1.49. The molecule has 2 aliphatic heterocycles. The van der Waals surface area contributed by atoms with Crippen LogP contribution in [0, 0.1) is 0 Å². The van der Waals surface area contributed by atoms with E-state index in [0.717, 1.165) is 29.1 Å². The highest BCUT2D eigenvalue weighted by Gasteiger charge is 2.24. The molecule has 1 N–H and O–H groups in total. The van der Waals surface area contributed by atoms with Crippen molar-refractivity contribution in [2.75, 3.05) is 13.2 Å². The zero-order valence-electron chi connectivity index (χ0n) is 13.8. The lowest BCUT2D eigenvalue weighted by Crippen LogP contribution is -2.38. The Labute approximate surface area is 144 Å². The third-order valence-electron chi connectivity index (χ3n) is 4.67. The molecule has 130 valence electrons. The molecule has 7 heteroatoms. The van der Waals surface area contributed by atoms with E-state index in [1.807, 2.05) is 33.8 Å². The first kappa shape index (κ1) is 15.7. The predicted molar refractivity (Wildman–Crippen MR) is 88.6 cm³/mol. The number of aryl methyl sites for hydroxylation is 1. The van der Waals surface area contributed by atoms with Gasteiger partial charge < -0.3 is 14.7 Å². The van der Waals surface area contributed by atoms with Gasteiger partial charge in [-0.25, -0.2) is 0 Å². The number of carbonyl (C=O) groups excluding carboxylic acids is 1. The molecule has 0 fully saturated rings. The monoisotopic (exact) mass is 341 g/mol. The minimum Gasteiger partial charge on any atom is -0.493 e. The molecule has 2 aromatic rings. The van der Waals surface area contributed by atoms with Crippen LogP contribution in [0.15, 0.2) is 24.3 Å². The molecule has 1 aromatic heterocycles. The first-order chi connectivity index (χ1) is 12.1. The summed E-state index contributed by atoms with van der Waals surface area (Å²) in [5, 5.41) is 13.2. The number of carboxylic acid groups (broad SMARTS) is 1. The average molecular weight is 341 g/mol. The molecule has 1 amide bonds. The fourth-order valence-electron chi connectivity index (χ4n) is 3.36. The average Bonchev–Trinajstić information content (AvgIpc) is 3.23. The Morgan fingerprint density at radius 3 is 2.96 bits per heavy atom. The van der Waals surface area contributed by atoms with Crippen molar-refractivity contribution in [3.63, 3.8) is 0 Å². The van der Waals surface area contributed by atoms with Crippen molar-refractivity contribution in [1.29, 1.82) is 0 Å². The maximum absolute atomic E-state index is 12.8. The number of hydrogen-bond acceptors (Lipinski definition) is 4. The molecule has 1 aromatic carbocycles. The molecule has 0 saturated carbocycles. The van der Waals surface area contributed by atoms with Crippen LogP contribution in [0.3, 0.4) is 0 Å². The summed E-state index contributed by atoms with van der Waals surface area (Å²) in [6, 6.07) is 7.51. The highest BCUT2D eigenvalue weighted by Crippen LogP contribution is 2.27. The number of aromatic nitrogens is 2. The normalized spacial score (nSPS) is 15.4. The zero-order chi connectivity index (χ0) is 17.4. The van der Waals surface area contributed by atoms with Gasteiger partial charge in [-0.2, -0.15) is 5.10 Å². The molecular formula is C18H19N3O4. The van der Waals surface area contributed by atoms with E-state index in [4.69, 9.17) is 9.84 Å². The van der Waals surface area contributed by atoms with Crippen molar-refractivity contribution in [3.05, 3.63) is 46.8 Å². The quantitative estimate of drug-likeness (QED) is 0.911. The SMILES string of the molecule is O=C(O)CCc1cc2n(n1)CCN(C(=O)c1ccc3c(c1)CCO3)C2. The van der Waals surface area contributed by atoms with E-state index in [9.17, 15) is 9.59 Å². The Bertz CT molecular complexity index is 843. The Morgan fingerprint density at radius 1 is 1.24 bits per heavy atom. The standard InChI is InChI=1S/C18H19N3O4/c22-17(23)4-2-14-10-15-11-20(6-7-21(15)19-14)18(24)13-1-3-16-12(9-13)5-8-25-16/h1,3,9-10H,2,4-8,11H2,(H,22,23). The van der Waals surface area contributed by atoms with Gasteiger partial charge in [-0.3, -0.25) is 14.3 Å². The van der Waals surface area contributed by atoms with Crippen LogP contribution in [0.5, 0.6) is 5.75 Å². The van der Waals surface area contributed by atoms with E-state index in [2.05, 4.69) is 5.10 Å². The maximum Gasteiger partial charge on any atom is 0.303 e. The maximum atomic E-state index is 12.8. The van der Waals surface area contributed by atoms with Crippen molar-refractivity contribution in [3.8, 4) is 5.75 Å². The van der Waals surface area contributed by atoms with Crippen LogP contribution < -0.4 is 4.74 Å². The Hall–Kier alpha value is -2.83. The van der Waals surface area contributed by atoms with Crippen molar-refractivity contribution in [1.82, 2.24) is 14.7 Å². The second-order valence-electron chi connectivity index (χ2n) is 6.39. The van der Waals surface area contributed by atoms with E-state index in [1.165, 1.54) is 0 Å². The minimum atomic E-state index is -0.830. The summed E-state index contributed by atoms with van der Waals surface area (Å²) in [5.41, 5.74) is 3.48. The molecular weight excluding hydrogens is 322 g/mol. The molecule has 7 nitrogen and oxygen atoms in total. The Morgan fingerprint density at radius 2 is 2.12 bits per heavy atom. The van der Waals surface area contributed by atoms with Gasteiger partial charge in [0, 0.05) is 24.9 Å². The van der Waals surface area contributed by atoms with Crippen molar-refractivity contribution in [2.24, 2.45) is 0 Å². The number of benzene rings is 1. The molecule has 0 radical (unpaired) electrons. The second-order valence-corrected chi connectivity index (χ2v) is 6.39. The van der Waals surface area contributed by atoms with Crippen LogP contribution in [0.1, 0.15) is 33.7 Å². The number of carboxylic acids is 1. The molecule has 0 bridgehead atoms. The van der Waals surface area contributed by atoms with E-state index >= 15 is 0 Å². The van der Waals surface area contributed by atoms with Gasteiger partial charge in [0.15, 0.2) is 0 Å². The van der Waals surface area contributed by atoms with Crippen molar-refractivity contribution < 1.29 is 19.4 Å². The van der Waals surface area contributed by atoms with Gasteiger partial charge in [0.05, 0.1) is 37.5 Å². The smallest absolute Gasteiger partial charge is 0.303 e. The summed E-state index contributed by atoms with van der Waals surface area (Å²) >= 11 is 0. The highest BCUT2D eigenvalue weighted by atomic mass is 16.5. The summed E-state index contributed by atoms with van der Waals surface area (Å²) in [7, 11) is 0. The number of hydrogen-bond donors (Lipinski definition) is 1. The van der Waals surface area contributed by atoms with E-state index in [0.29, 0.717) is 38.2 Å². The molecule has 0 saturated heterocycles. The highest BCUT2D eigenvalue weighted by molar-refractivity contribution is 5.94. The summed E-state index contributed by atoms with van der Waals surface area (Å²) in [6.45, 7) is 2.39. The van der Waals surface area contributed by atoms with Crippen LogP contribution in [-0.4, -0.2) is 44.8 Å². The van der Waals surface area contributed by atoms with E-state index in [-0.39, 0.29) is 12.3 Å². The number of amides is 1. The van der Waals surface area contributed by atoms with Crippen LogP contribution in [0.2, 0.25) is 0 Å². The van der Waals surface area contributed by atoms with Crippen molar-refractivity contribution >= 4 is 11.9 Å². The van der Waals surface area contributed by atoms with Gasteiger partial charge in [-0.15, -0.1) is 0 Å². The lowest BCUT2D eigenvalue weighted by Gasteiger charge is -2.27. The molecule has 2 aliphatic rings. The summed E-state index contributed by atoms with van der Waals surface area (Å²) < 4.78 is 7.36. The van der Waals surface area contributed by atoms with Crippen LogP contribution in [0.25, 0.3) is 0 Å². The van der Waals surface area contributed by atoms with Crippen molar-refractivity contribution in [2.45, 2.75) is 32.4 Å². The molecule has 25 heavy (non-hydrogen) atoms. The molecule has 0 spiro atoms. The number of ether oxygens (including phenoxy) is 1. The molecule has 0 unspecified atom stereocenters. The number of rotatable bonds is 4. The van der Waals surface area contributed by atoms with Gasteiger partial charge in [-0.05, 0) is 29.8 Å². The number of carbonyl (C=O) groups is 2. The van der Waals surface area contributed by atoms with Crippen LogP contribution in [0.4, 0.5) is 0 Å². The van der Waals surface area contributed by atoms with E-state index in [1.54, 1.807) is 0 Å². The molecule has 0 aliphatic carbocycles. The minimum absolute atomic E-state index is 0.00855. The van der Waals surface area contributed by atoms with Gasteiger partial charge in [0.25, 0.3) is 5.91 Å². The fraction of sp³-hybridized carbons (Fsp3) is 0.389. The summed E-state index contributed by atoms with van der Waals surface area (Å²) in [4.78, 5) is 25.3. The first-order valence-corrected chi connectivity index (χ1v) is 8.42. The van der Waals surface area contributed by atoms with E-state index < -0.39 is 5.97 Å². The third-order valence-corrected chi connectivity index (χ3v) is 4.67. The Balaban J connectivity index is 1.48. The number of fused-ring (bicyclic) bond motifs is 2. The molecule has 3 heterocycles. The topological polar surface area (TPSA) is 84.7 Å². The van der Waals surface area contributed by atoms with Crippen LogP contribution in [-0.2, 0) is 30.7 Å². The third kappa shape index (κ3) is 3.09. The van der Waals surface area contributed by atoms with Crippen LogP contribution >= 0.6 is 0 Å². The largest absolute Gasteiger partial charge is 0.493 e. The first-order valence-electron chi connectivity index (χ1n) is 8.42. The zero-order valence-corrected chi connectivity index (χ0v) is 13.8. The lowest BCUT2D eigenvalue weighted by atomic mass is 10.1. The summed E-state index contributed by atoms with van der Waals surface area (Å²) in [5.74, 6) is 0.0499. The second kappa shape index (κ2) is 6.23. The van der Waals surface area contributed by atoms with Gasteiger partial charge in [0.2, 0.25) is 0 Å². The molecule has 4 rings (SSSR count). The molecule has 0 atom stereocenters. The Kier molecular flexibility index (Phi) is 3.91. The number of nitrogens with zero attached hydrogens (tertiary/aromatic N) is 3. The lowest BCUT2D eigenvalue weighted by molar-refractivity contribution is -0.136. The fourth-order valence-corrected chi connectivity index (χ4v) is 3.36. The number of aliphatic carboxylic acids is 1. The van der Waals surface area contributed by atoms with Gasteiger partial charge >= 0.3 is 5.97 Å². The van der Waals surface area contributed by atoms with Gasteiger partial charge in [-0.1, -0.05) is 0 Å². The summed E-state index contributed by atoms with van der Waals surface area (Å²) in [6.07, 6.45) is 1.32. The van der Waals surface area contributed by atoms with Gasteiger partial charge in [0.1, 0.15) is 5.75 Å².